The average molecular weight is 302 g/mol. The first-order valence-electron chi connectivity index (χ1n) is 6.40. The molecule has 2 rings (SSSR count). The fourth-order valence-corrected chi connectivity index (χ4v) is 2.27. The van der Waals surface area contributed by atoms with E-state index in [-0.39, 0.29) is 11.3 Å². The molecule has 0 spiro atoms. The number of carbonyl (C=O) groups excluding carboxylic acids is 1. The molecule has 2 atom stereocenters. The predicted octanol–water partition coefficient (Wildman–Crippen LogP) is 3.24. The van der Waals surface area contributed by atoms with Crippen molar-refractivity contribution in [3.05, 3.63) is 29.3 Å². The lowest BCUT2D eigenvalue weighted by atomic mass is 10.2. The van der Waals surface area contributed by atoms with Gasteiger partial charge in [-0.2, -0.15) is 0 Å². The summed E-state index contributed by atoms with van der Waals surface area (Å²) in [4.78, 5) is 11.9. The van der Waals surface area contributed by atoms with Crippen molar-refractivity contribution < 1.29 is 9.53 Å². The number of benzene rings is 1. The van der Waals surface area contributed by atoms with E-state index in [1.807, 2.05) is 0 Å². The van der Waals surface area contributed by atoms with Gasteiger partial charge in [0.05, 0.1) is 5.38 Å². The Labute approximate surface area is 123 Å². The summed E-state index contributed by atoms with van der Waals surface area (Å²) in [6.07, 6.45) is 1.76. The van der Waals surface area contributed by atoms with Crippen molar-refractivity contribution in [1.29, 1.82) is 0 Å². The molecule has 5 heteroatoms. The van der Waals surface area contributed by atoms with Gasteiger partial charge in [0.1, 0.15) is 5.75 Å². The van der Waals surface area contributed by atoms with E-state index < -0.39 is 6.10 Å². The summed E-state index contributed by atoms with van der Waals surface area (Å²) >= 11 is 12.0. The quantitative estimate of drug-likeness (QED) is 0.819. The van der Waals surface area contributed by atoms with Gasteiger partial charge in [0.15, 0.2) is 6.10 Å². The molecule has 104 valence electrons. The Morgan fingerprint density at radius 2 is 2.26 bits per heavy atom. The van der Waals surface area contributed by atoms with Crippen LogP contribution in [0.25, 0.3) is 0 Å². The molecule has 1 amide bonds. The Kier molecular flexibility index (Phi) is 4.94. The first-order chi connectivity index (χ1) is 9.06. The van der Waals surface area contributed by atoms with Crippen LogP contribution < -0.4 is 10.1 Å². The van der Waals surface area contributed by atoms with E-state index >= 15 is 0 Å². The summed E-state index contributed by atoms with van der Waals surface area (Å²) in [5.74, 6) is 0.983. The zero-order valence-corrected chi connectivity index (χ0v) is 12.2. The standard InChI is InChI=1S/C14H17Cl2NO2/c1-9(19-12-4-2-3-11(15)7-12)14(18)17-8-13(16)10-5-6-10/h2-4,7,9-10,13H,5-6,8H2,1H3,(H,17,18). The molecule has 3 nitrogen and oxygen atoms in total. The molecule has 1 saturated carbocycles. The molecule has 1 aliphatic carbocycles. The summed E-state index contributed by atoms with van der Waals surface area (Å²) in [6, 6.07) is 6.99. The van der Waals surface area contributed by atoms with Crippen molar-refractivity contribution in [1.82, 2.24) is 5.32 Å². The van der Waals surface area contributed by atoms with Gasteiger partial charge >= 0.3 is 0 Å². The maximum absolute atomic E-state index is 11.9. The first-order valence-corrected chi connectivity index (χ1v) is 7.21. The van der Waals surface area contributed by atoms with Gasteiger partial charge in [-0.25, -0.2) is 0 Å². The minimum absolute atomic E-state index is 0.0299. The second-order valence-electron chi connectivity index (χ2n) is 4.82. The summed E-state index contributed by atoms with van der Waals surface area (Å²) in [5.41, 5.74) is 0. The van der Waals surface area contributed by atoms with E-state index in [2.05, 4.69) is 5.32 Å². The molecule has 0 bridgehead atoms. The van der Waals surface area contributed by atoms with Crippen LogP contribution in [-0.2, 0) is 4.79 Å². The van der Waals surface area contributed by atoms with Crippen LogP contribution in [0.1, 0.15) is 19.8 Å². The largest absolute Gasteiger partial charge is 0.481 e. The highest BCUT2D eigenvalue weighted by Crippen LogP contribution is 2.35. The van der Waals surface area contributed by atoms with Crippen molar-refractivity contribution in [3.63, 3.8) is 0 Å². The normalized spacial score (nSPS) is 17.6. The van der Waals surface area contributed by atoms with Gasteiger partial charge in [-0.1, -0.05) is 17.7 Å². The molecule has 2 unspecified atom stereocenters. The van der Waals surface area contributed by atoms with Crippen molar-refractivity contribution in [3.8, 4) is 5.75 Å². The highest BCUT2D eigenvalue weighted by Gasteiger charge is 2.30. The number of nitrogens with one attached hydrogen (secondary N) is 1. The second kappa shape index (κ2) is 6.49. The monoisotopic (exact) mass is 301 g/mol. The van der Waals surface area contributed by atoms with Crippen molar-refractivity contribution >= 4 is 29.1 Å². The van der Waals surface area contributed by atoms with E-state index in [1.165, 1.54) is 12.8 Å². The van der Waals surface area contributed by atoms with E-state index in [1.54, 1.807) is 31.2 Å². The van der Waals surface area contributed by atoms with Crippen molar-refractivity contribution in [2.45, 2.75) is 31.2 Å². The number of alkyl halides is 1. The molecule has 0 aromatic heterocycles. The van der Waals surface area contributed by atoms with Gasteiger partial charge in [-0.15, -0.1) is 11.6 Å². The van der Waals surface area contributed by atoms with E-state index in [0.29, 0.717) is 23.2 Å². The van der Waals surface area contributed by atoms with Gasteiger partial charge in [0.2, 0.25) is 0 Å². The number of rotatable bonds is 6. The highest BCUT2D eigenvalue weighted by atomic mass is 35.5. The molecule has 0 radical (unpaired) electrons. The molecule has 1 fully saturated rings. The van der Waals surface area contributed by atoms with Crippen molar-refractivity contribution in [2.75, 3.05) is 6.54 Å². The maximum atomic E-state index is 11.9. The molecule has 1 aliphatic rings. The second-order valence-corrected chi connectivity index (χ2v) is 5.81. The third-order valence-electron chi connectivity index (χ3n) is 3.08. The molecule has 0 heterocycles. The number of hydrogen-bond acceptors (Lipinski definition) is 2. The maximum Gasteiger partial charge on any atom is 0.260 e. The lowest BCUT2D eigenvalue weighted by Crippen LogP contribution is -2.39. The Morgan fingerprint density at radius 1 is 1.53 bits per heavy atom. The fraction of sp³-hybridized carbons (Fsp3) is 0.500. The average Bonchev–Trinajstić information content (AvgIpc) is 3.19. The lowest BCUT2D eigenvalue weighted by Gasteiger charge is -2.16. The van der Waals surface area contributed by atoms with Gasteiger partial charge in [0, 0.05) is 11.6 Å². The van der Waals surface area contributed by atoms with Crippen LogP contribution in [0.5, 0.6) is 5.75 Å². The number of carbonyl (C=O) groups is 1. The number of hydrogen-bond donors (Lipinski definition) is 1. The molecule has 19 heavy (non-hydrogen) atoms. The molecular formula is C14H17Cl2NO2. The molecule has 1 aromatic carbocycles. The summed E-state index contributed by atoms with van der Waals surface area (Å²) < 4.78 is 5.53. The van der Waals surface area contributed by atoms with Gasteiger partial charge in [0.25, 0.3) is 5.91 Å². The van der Waals surface area contributed by atoms with Crippen LogP contribution in [0.3, 0.4) is 0 Å². The van der Waals surface area contributed by atoms with Crippen molar-refractivity contribution in [2.24, 2.45) is 5.92 Å². The fourth-order valence-electron chi connectivity index (χ4n) is 1.76. The lowest BCUT2D eigenvalue weighted by molar-refractivity contribution is -0.127. The number of amides is 1. The minimum atomic E-state index is -0.568. The van der Waals surface area contributed by atoms with E-state index in [0.717, 1.165) is 0 Å². The topological polar surface area (TPSA) is 38.3 Å². The molecule has 0 aliphatic heterocycles. The summed E-state index contributed by atoms with van der Waals surface area (Å²) in [7, 11) is 0. The number of halogens is 2. The molecular weight excluding hydrogens is 285 g/mol. The molecule has 1 aromatic rings. The van der Waals surface area contributed by atoms with E-state index in [4.69, 9.17) is 27.9 Å². The Balaban J connectivity index is 1.78. The van der Waals surface area contributed by atoms with Gasteiger partial charge < -0.3 is 10.1 Å². The Bertz CT molecular complexity index is 449. The summed E-state index contributed by atoms with van der Waals surface area (Å²) in [6.45, 7) is 2.20. The third kappa shape index (κ3) is 4.59. The Morgan fingerprint density at radius 3 is 2.89 bits per heavy atom. The predicted molar refractivity (Wildman–Crippen MR) is 76.9 cm³/mol. The van der Waals surface area contributed by atoms with Crippen LogP contribution in [0.15, 0.2) is 24.3 Å². The third-order valence-corrected chi connectivity index (χ3v) is 3.83. The number of ether oxygens (including phenoxy) is 1. The van der Waals surface area contributed by atoms with Gasteiger partial charge in [-0.05, 0) is 43.9 Å². The molecule has 1 N–H and O–H groups in total. The van der Waals surface area contributed by atoms with E-state index in [9.17, 15) is 4.79 Å². The van der Waals surface area contributed by atoms with Crippen LogP contribution in [-0.4, -0.2) is 23.9 Å². The highest BCUT2D eigenvalue weighted by molar-refractivity contribution is 6.30. The van der Waals surface area contributed by atoms with Gasteiger partial charge in [-0.3, -0.25) is 4.79 Å². The van der Waals surface area contributed by atoms with Crippen LogP contribution in [0, 0.1) is 5.92 Å². The first kappa shape index (κ1) is 14.5. The Hall–Kier alpha value is -0.930. The van der Waals surface area contributed by atoms with Crippen LogP contribution >= 0.6 is 23.2 Å². The SMILES string of the molecule is CC(Oc1cccc(Cl)c1)C(=O)NCC(Cl)C1CC1. The summed E-state index contributed by atoms with van der Waals surface area (Å²) in [5, 5.41) is 3.42. The smallest absolute Gasteiger partial charge is 0.260 e. The molecule has 0 saturated heterocycles. The zero-order valence-electron chi connectivity index (χ0n) is 10.7. The zero-order chi connectivity index (χ0) is 13.8. The minimum Gasteiger partial charge on any atom is -0.481 e. The van der Waals surface area contributed by atoms with Crippen LogP contribution in [0.4, 0.5) is 0 Å². The van der Waals surface area contributed by atoms with Crippen LogP contribution in [0.2, 0.25) is 5.02 Å².